The van der Waals surface area contributed by atoms with Crippen molar-refractivity contribution in [1.82, 2.24) is 15.2 Å². The van der Waals surface area contributed by atoms with Crippen molar-refractivity contribution in [3.05, 3.63) is 64.6 Å². The molecule has 26 heavy (non-hydrogen) atoms. The minimum Gasteiger partial charge on any atom is -0.358 e. The Labute approximate surface area is 160 Å². The molecule has 6 heteroatoms. The number of rotatable bonds is 4. The van der Waals surface area contributed by atoms with Crippen LogP contribution in [0.3, 0.4) is 0 Å². The van der Waals surface area contributed by atoms with E-state index in [0.29, 0.717) is 11.3 Å². The van der Waals surface area contributed by atoms with Gasteiger partial charge < -0.3 is 10.2 Å². The van der Waals surface area contributed by atoms with Crippen LogP contribution in [0.15, 0.2) is 59.1 Å². The fourth-order valence-electron chi connectivity index (χ4n) is 2.69. The van der Waals surface area contributed by atoms with Gasteiger partial charge in [-0.25, -0.2) is 4.98 Å². The molecule has 0 aliphatic carbocycles. The van der Waals surface area contributed by atoms with Crippen LogP contribution < -0.4 is 5.32 Å². The number of carbonyl (C=O) groups is 2. The van der Waals surface area contributed by atoms with Gasteiger partial charge in [-0.05, 0) is 24.3 Å². The van der Waals surface area contributed by atoms with Gasteiger partial charge in [-0.3, -0.25) is 9.59 Å². The summed E-state index contributed by atoms with van der Waals surface area (Å²) < 4.78 is 0.976. The van der Waals surface area contributed by atoms with Crippen molar-refractivity contribution in [3.63, 3.8) is 0 Å². The number of amides is 2. The molecule has 0 spiro atoms. The molecule has 0 saturated heterocycles. The molecule has 3 rings (SSSR count). The van der Waals surface area contributed by atoms with Gasteiger partial charge in [-0.15, -0.1) is 0 Å². The van der Waals surface area contributed by atoms with Gasteiger partial charge in [0.05, 0.1) is 23.3 Å². The second-order valence-corrected chi connectivity index (χ2v) is 6.83. The van der Waals surface area contributed by atoms with Crippen LogP contribution in [0.4, 0.5) is 0 Å². The van der Waals surface area contributed by atoms with Crippen LogP contribution >= 0.6 is 15.9 Å². The van der Waals surface area contributed by atoms with Gasteiger partial charge in [-0.2, -0.15) is 0 Å². The van der Waals surface area contributed by atoms with Crippen LogP contribution in [0.1, 0.15) is 10.4 Å². The normalized spacial score (nSPS) is 10.6. The molecule has 132 valence electrons. The summed E-state index contributed by atoms with van der Waals surface area (Å²) in [5.74, 6) is -0.432. The molecular formula is C20H18BrN3O2. The van der Waals surface area contributed by atoms with Crippen molar-refractivity contribution < 1.29 is 9.59 Å². The van der Waals surface area contributed by atoms with Crippen molar-refractivity contribution >= 4 is 38.6 Å². The highest BCUT2D eigenvalue weighted by molar-refractivity contribution is 9.10. The number of aromatic nitrogens is 1. The van der Waals surface area contributed by atoms with Crippen LogP contribution in [0.2, 0.25) is 0 Å². The number of carbonyl (C=O) groups excluding carboxylic acids is 2. The van der Waals surface area contributed by atoms with Gasteiger partial charge in [0.15, 0.2) is 0 Å². The third-order valence-electron chi connectivity index (χ3n) is 4.09. The average molecular weight is 412 g/mol. The Morgan fingerprint density at radius 3 is 2.50 bits per heavy atom. The quantitative estimate of drug-likeness (QED) is 0.714. The summed E-state index contributed by atoms with van der Waals surface area (Å²) in [5, 5.41) is 3.30. The number of likely N-dealkylation sites (N-methyl/N-ethyl adjacent to an activating group) is 2. The van der Waals surface area contributed by atoms with Crippen LogP contribution in [0.25, 0.3) is 22.2 Å². The van der Waals surface area contributed by atoms with Gasteiger partial charge >= 0.3 is 0 Å². The first-order valence-electron chi connectivity index (χ1n) is 8.11. The molecule has 0 aliphatic heterocycles. The molecule has 2 amide bonds. The Morgan fingerprint density at radius 1 is 1.12 bits per heavy atom. The van der Waals surface area contributed by atoms with E-state index in [1.807, 2.05) is 48.5 Å². The molecular weight excluding hydrogens is 394 g/mol. The van der Waals surface area contributed by atoms with Crippen molar-refractivity contribution in [3.8, 4) is 11.3 Å². The fourth-order valence-corrected chi connectivity index (χ4v) is 2.96. The van der Waals surface area contributed by atoms with E-state index in [1.165, 1.54) is 4.90 Å². The lowest BCUT2D eigenvalue weighted by molar-refractivity contribution is -0.121. The Balaban J connectivity index is 2.09. The van der Waals surface area contributed by atoms with Crippen LogP contribution in [-0.2, 0) is 4.79 Å². The van der Waals surface area contributed by atoms with Gasteiger partial charge in [-0.1, -0.05) is 46.3 Å². The standard InChI is InChI=1S/C20H18BrN3O2/c1-22-19(25)12-24(2)20(26)16-11-18(13-7-9-14(21)10-8-13)23-17-6-4-3-5-15(16)17/h3-11H,12H2,1-2H3,(H,22,25). The third kappa shape index (κ3) is 3.75. The number of halogens is 1. The van der Waals surface area contributed by atoms with Gasteiger partial charge in [0, 0.05) is 29.5 Å². The van der Waals surface area contributed by atoms with Crippen LogP contribution in [0.5, 0.6) is 0 Å². The zero-order chi connectivity index (χ0) is 18.7. The number of para-hydroxylation sites is 1. The first kappa shape index (κ1) is 18.1. The SMILES string of the molecule is CNC(=O)CN(C)C(=O)c1cc(-c2ccc(Br)cc2)nc2ccccc12. The largest absolute Gasteiger partial charge is 0.358 e. The summed E-state index contributed by atoms with van der Waals surface area (Å²) in [7, 11) is 3.17. The van der Waals surface area contributed by atoms with Crippen molar-refractivity contribution in [1.29, 1.82) is 0 Å². The Morgan fingerprint density at radius 2 is 1.81 bits per heavy atom. The lowest BCUT2D eigenvalue weighted by Gasteiger charge is -2.18. The fraction of sp³-hybridized carbons (Fsp3) is 0.150. The molecule has 0 fully saturated rings. The molecule has 0 bridgehead atoms. The highest BCUT2D eigenvalue weighted by Gasteiger charge is 2.19. The number of benzene rings is 2. The summed E-state index contributed by atoms with van der Waals surface area (Å²) in [6, 6.07) is 17.1. The van der Waals surface area contributed by atoms with Crippen LogP contribution in [0, 0.1) is 0 Å². The highest BCUT2D eigenvalue weighted by Crippen LogP contribution is 2.26. The van der Waals surface area contributed by atoms with E-state index >= 15 is 0 Å². The monoisotopic (exact) mass is 411 g/mol. The first-order valence-corrected chi connectivity index (χ1v) is 8.90. The molecule has 3 aromatic rings. The third-order valence-corrected chi connectivity index (χ3v) is 4.62. The molecule has 2 aromatic carbocycles. The number of pyridine rings is 1. The maximum absolute atomic E-state index is 13.0. The minimum absolute atomic E-state index is 0.000397. The van der Waals surface area contributed by atoms with E-state index < -0.39 is 0 Å². The molecule has 5 nitrogen and oxygen atoms in total. The highest BCUT2D eigenvalue weighted by atomic mass is 79.9. The molecule has 1 aromatic heterocycles. The second kappa shape index (κ2) is 7.66. The van der Waals surface area contributed by atoms with Crippen molar-refractivity contribution in [2.75, 3.05) is 20.6 Å². The average Bonchev–Trinajstić information content (AvgIpc) is 2.66. The molecule has 0 aliphatic rings. The van der Waals surface area contributed by atoms with Crippen LogP contribution in [-0.4, -0.2) is 42.3 Å². The molecule has 1 heterocycles. The van der Waals surface area contributed by atoms with Gasteiger partial charge in [0.1, 0.15) is 0 Å². The van der Waals surface area contributed by atoms with E-state index in [0.717, 1.165) is 20.9 Å². The van der Waals surface area contributed by atoms with E-state index in [-0.39, 0.29) is 18.4 Å². The Kier molecular flexibility index (Phi) is 5.32. The number of fused-ring (bicyclic) bond motifs is 1. The van der Waals surface area contributed by atoms with Crippen molar-refractivity contribution in [2.45, 2.75) is 0 Å². The van der Waals surface area contributed by atoms with Gasteiger partial charge in [0.25, 0.3) is 5.91 Å². The number of hydrogen-bond donors (Lipinski definition) is 1. The Hall–Kier alpha value is -2.73. The maximum atomic E-state index is 13.0. The molecule has 0 saturated carbocycles. The van der Waals surface area contributed by atoms with E-state index in [2.05, 4.69) is 26.2 Å². The molecule has 0 unspecified atom stereocenters. The topological polar surface area (TPSA) is 62.3 Å². The molecule has 0 atom stereocenters. The lowest BCUT2D eigenvalue weighted by atomic mass is 10.0. The summed E-state index contributed by atoms with van der Waals surface area (Å²) in [4.78, 5) is 30.7. The molecule has 1 N–H and O–H groups in total. The number of nitrogens with one attached hydrogen (secondary N) is 1. The smallest absolute Gasteiger partial charge is 0.254 e. The number of nitrogens with zero attached hydrogens (tertiary/aromatic N) is 2. The van der Waals surface area contributed by atoms with E-state index in [4.69, 9.17) is 0 Å². The molecule has 0 radical (unpaired) electrons. The zero-order valence-electron chi connectivity index (χ0n) is 14.5. The summed E-state index contributed by atoms with van der Waals surface area (Å²) in [5.41, 5.74) is 2.90. The van der Waals surface area contributed by atoms with Gasteiger partial charge in [0.2, 0.25) is 5.91 Å². The van der Waals surface area contributed by atoms with Crippen molar-refractivity contribution in [2.24, 2.45) is 0 Å². The summed E-state index contributed by atoms with van der Waals surface area (Å²) >= 11 is 3.43. The summed E-state index contributed by atoms with van der Waals surface area (Å²) in [6.45, 7) is -0.000397. The zero-order valence-corrected chi connectivity index (χ0v) is 16.1. The second-order valence-electron chi connectivity index (χ2n) is 5.91. The van der Waals surface area contributed by atoms with E-state index in [1.54, 1.807) is 20.2 Å². The summed E-state index contributed by atoms with van der Waals surface area (Å²) in [6.07, 6.45) is 0. The van der Waals surface area contributed by atoms with E-state index in [9.17, 15) is 9.59 Å². The maximum Gasteiger partial charge on any atom is 0.254 e. The predicted molar refractivity (Wildman–Crippen MR) is 106 cm³/mol. The first-order chi connectivity index (χ1) is 12.5. The predicted octanol–water partition coefficient (Wildman–Crippen LogP) is 3.48. The number of hydrogen-bond acceptors (Lipinski definition) is 3. The minimum atomic E-state index is -0.217. The Bertz CT molecular complexity index is 970. The lowest BCUT2D eigenvalue weighted by Crippen LogP contribution is -2.37.